The summed E-state index contributed by atoms with van der Waals surface area (Å²) >= 11 is 1.34. The van der Waals surface area contributed by atoms with Gasteiger partial charge in [-0.15, -0.1) is 21.5 Å². The molecule has 4 aromatic heterocycles. The monoisotopic (exact) mass is 444 g/mol. The fourth-order valence-corrected chi connectivity index (χ4v) is 4.29. The van der Waals surface area contributed by atoms with Crippen molar-refractivity contribution in [2.24, 2.45) is 0 Å². The normalized spacial score (nSPS) is 12.1. The zero-order chi connectivity index (χ0) is 21.9. The molecule has 0 fully saturated rings. The molecule has 32 heavy (non-hydrogen) atoms. The van der Waals surface area contributed by atoms with Gasteiger partial charge in [-0.3, -0.25) is 14.0 Å². The second-order valence-corrected chi connectivity index (χ2v) is 8.28. The summed E-state index contributed by atoms with van der Waals surface area (Å²) in [6.07, 6.45) is 4.08. The van der Waals surface area contributed by atoms with Crippen LogP contribution in [0.4, 0.5) is 0 Å². The third-order valence-electron chi connectivity index (χ3n) is 5.27. The van der Waals surface area contributed by atoms with Crippen LogP contribution in [0, 0.1) is 0 Å². The number of pyridine rings is 1. The van der Waals surface area contributed by atoms with E-state index in [0.29, 0.717) is 22.8 Å². The van der Waals surface area contributed by atoms with E-state index in [1.165, 1.54) is 11.3 Å². The Balaban J connectivity index is 1.36. The van der Waals surface area contributed by atoms with Crippen LogP contribution in [0.5, 0.6) is 0 Å². The highest BCUT2D eigenvalue weighted by atomic mass is 32.1. The lowest BCUT2D eigenvalue weighted by Crippen LogP contribution is -2.47. The minimum absolute atomic E-state index is 0.198. The fourth-order valence-electron chi connectivity index (χ4n) is 3.67. The molecule has 4 heterocycles. The Hall–Kier alpha value is -3.98. The number of nitrogens with zero attached hydrogens (tertiary/aromatic N) is 3. The summed E-state index contributed by atoms with van der Waals surface area (Å²) < 4.78 is 1.82. The van der Waals surface area contributed by atoms with E-state index in [1.807, 2.05) is 70.7 Å². The van der Waals surface area contributed by atoms with E-state index >= 15 is 0 Å². The number of rotatable bonds is 7. The average Bonchev–Trinajstić information content (AvgIpc) is 3.57. The lowest BCUT2D eigenvalue weighted by Gasteiger charge is -2.18. The summed E-state index contributed by atoms with van der Waals surface area (Å²) in [6.45, 7) is 0.198. The van der Waals surface area contributed by atoms with E-state index in [2.05, 4.69) is 25.8 Å². The third kappa shape index (κ3) is 3.97. The summed E-state index contributed by atoms with van der Waals surface area (Å²) in [7, 11) is 0. The van der Waals surface area contributed by atoms with Crippen molar-refractivity contribution in [3.63, 3.8) is 0 Å². The van der Waals surface area contributed by atoms with Crippen molar-refractivity contribution in [3.8, 4) is 0 Å². The number of amides is 2. The molecule has 160 valence electrons. The number of carbonyl (C=O) groups excluding carboxylic acids is 2. The first kappa shape index (κ1) is 20.0. The maximum atomic E-state index is 13.2. The smallest absolute Gasteiger partial charge is 0.262 e. The van der Waals surface area contributed by atoms with Gasteiger partial charge in [0.15, 0.2) is 11.5 Å². The third-order valence-corrected chi connectivity index (χ3v) is 6.14. The highest BCUT2D eigenvalue weighted by Gasteiger charge is 2.24. The van der Waals surface area contributed by atoms with Crippen LogP contribution in [0.1, 0.15) is 21.1 Å². The molecule has 0 aliphatic heterocycles. The Morgan fingerprint density at radius 1 is 1.06 bits per heavy atom. The molecule has 0 unspecified atom stereocenters. The Morgan fingerprint density at radius 3 is 2.81 bits per heavy atom. The first-order valence-electron chi connectivity index (χ1n) is 10.1. The van der Waals surface area contributed by atoms with Gasteiger partial charge in [-0.2, -0.15) is 0 Å². The summed E-state index contributed by atoms with van der Waals surface area (Å²) in [5, 5.41) is 16.9. The van der Waals surface area contributed by atoms with Gasteiger partial charge in [-0.05, 0) is 35.2 Å². The molecular formula is C23H20N6O2S. The fraction of sp³-hybridized carbons (Fsp3) is 0.130. The summed E-state index contributed by atoms with van der Waals surface area (Å²) in [6, 6.07) is 16.3. The van der Waals surface area contributed by atoms with Gasteiger partial charge in [0, 0.05) is 29.7 Å². The molecule has 1 aromatic carbocycles. The molecule has 0 saturated carbocycles. The number of nitrogens with one attached hydrogen (secondary N) is 3. The number of aromatic nitrogens is 4. The number of para-hydroxylation sites is 1. The van der Waals surface area contributed by atoms with Crippen molar-refractivity contribution in [1.82, 2.24) is 30.2 Å². The van der Waals surface area contributed by atoms with E-state index in [-0.39, 0.29) is 18.4 Å². The Morgan fingerprint density at radius 2 is 1.94 bits per heavy atom. The van der Waals surface area contributed by atoms with Crippen LogP contribution in [0.25, 0.3) is 16.6 Å². The topological polar surface area (TPSA) is 104 Å². The predicted molar refractivity (Wildman–Crippen MR) is 122 cm³/mol. The molecule has 5 aromatic rings. The second-order valence-electron chi connectivity index (χ2n) is 7.33. The molecule has 3 N–H and O–H groups in total. The zero-order valence-corrected chi connectivity index (χ0v) is 17.8. The largest absolute Gasteiger partial charge is 0.361 e. The van der Waals surface area contributed by atoms with Gasteiger partial charge < -0.3 is 15.6 Å². The maximum absolute atomic E-state index is 13.2. The Labute approximate surface area is 187 Å². The highest BCUT2D eigenvalue weighted by Crippen LogP contribution is 2.19. The SMILES string of the molecule is O=C(N[C@@H](Cc1c[nH]c2ccccc12)C(=O)NCc1nnc2ccccn12)c1cccs1. The van der Waals surface area contributed by atoms with Crippen molar-refractivity contribution in [2.75, 3.05) is 0 Å². The predicted octanol–water partition coefficient (Wildman–Crippen LogP) is 2.93. The molecule has 9 heteroatoms. The van der Waals surface area contributed by atoms with Crippen LogP contribution in [0.2, 0.25) is 0 Å². The first-order valence-corrected chi connectivity index (χ1v) is 11.0. The molecule has 5 rings (SSSR count). The van der Waals surface area contributed by atoms with Crippen LogP contribution in [0.3, 0.4) is 0 Å². The standard InChI is InChI=1S/C23H20N6O2S/c30-22(25-14-21-28-27-20-9-3-4-10-29(20)21)18(26-23(31)19-8-5-11-32-19)12-15-13-24-17-7-2-1-6-16(15)17/h1-11,13,18,24H,12,14H2,(H,25,30)(H,26,31)/t18-/m0/s1. The molecule has 2 amide bonds. The number of thiophene rings is 1. The van der Waals surface area contributed by atoms with Crippen LogP contribution >= 0.6 is 11.3 Å². The van der Waals surface area contributed by atoms with E-state index in [0.717, 1.165) is 16.5 Å². The maximum Gasteiger partial charge on any atom is 0.262 e. The minimum atomic E-state index is -0.747. The number of hydrogen-bond donors (Lipinski definition) is 3. The van der Waals surface area contributed by atoms with Gasteiger partial charge in [0.05, 0.1) is 11.4 Å². The molecule has 1 atom stereocenters. The van der Waals surface area contributed by atoms with Gasteiger partial charge in [0.25, 0.3) is 5.91 Å². The number of fused-ring (bicyclic) bond motifs is 2. The van der Waals surface area contributed by atoms with Crippen LogP contribution < -0.4 is 10.6 Å². The number of hydrogen-bond acceptors (Lipinski definition) is 5. The highest BCUT2D eigenvalue weighted by molar-refractivity contribution is 7.12. The Bertz CT molecular complexity index is 1390. The summed E-state index contributed by atoms with van der Waals surface area (Å²) in [5.41, 5.74) is 2.65. The van der Waals surface area contributed by atoms with Gasteiger partial charge in [-0.25, -0.2) is 0 Å². The van der Waals surface area contributed by atoms with E-state index in [1.54, 1.807) is 6.07 Å². The molecule has 0 aliphatic carbocycles. The average molecular weight is 445 g/mol. The molecule has 0 spiro atoms. The van der Waals surface area contributed by atoms with E-state index in [4.69, 9.17) is 0 Å². The van der Waals surface area contributed by atoms with E-state index in [9.17, 15) is 9.59 Å². The van der Waals surface area contributed by atoms with Crippen molar-refractivity contribution in [1.29, 1.82) is 0 Å². The first-order chi connectivity index (χ1) is 15.7. The molecule has 8 nitrogen and oxygen atoms in total. The Kier molecular flexibility index (Phi) is 5.39. The summed E-state index contributed by atoms with van der Waals surface area (Å²) in [5.74, 6) is 0.0603. The number of carbonyl (C=O) groups is 2. The lowest BCUT2D eigenvalue weighted by molar-refractivity contribution is -0.123. The number of H-pyrrole nitrogens is 1. The second kappa shape index (κ2) is 8.64. The van der Waals surface area contributed by atoms with Crippen LogP contribution in [-0.4, -0.2) is 37.4 Å². The minimum Gasteiger partial charge on any atom is -0.361 e. The van der Waals surface area contributed by atoms with Gasteiger partial charge in [0.2, 0.25) is 5.91 Å². The van der Waals surface area contributed by atoms with Crippen LogP contribution in [0.15, 0.2) is 72.4 Å². The molecule has 0 radical (unpaired) electrons. The van der Waals surface area contributed by atoms with Crippen molar-refractivity contribution >= 4 is 39.7 Å². The van der Waals surface area contributed by atoms with Crippen molar-refractivity contribution < 1.29 is 9.59 Å². The molecule has 0 bridgehead atoms. The zero-order valence-electron chi connectivity index (χ0n) is 17.0. The van der Waals surface area contributed by atoms with Gasteiger partial charge in [0.1, 0.15) is 6.04 Å². The quantitative estimate of drug-likeness (QED) is 0.359. The van der Waals surface area contributed by atoms with Crippen molar-refractivity contribution in [3.05, 3.63) is 88.6 Å². The summed E-state index contributed by atoms with van der Waals surface area (Å²) in [4.78, 5) is 29.6. The number of benzene rings is 1. The lowest BCUT2D eigenvalue weighted by atomic mass is 10.0. The van der Waals surface area contributed by atoms with Gasteiger partial charge >= 0.3 is 0 Å². The molecule has 0 saturated heterocycles. The van der Waals surface area contributed by atoms with Crippen LogP contribution in [-0.2, 0) is 17.8 Å². The molecule has 0 aliphatic rings. The van der Waals surface area contributed by atoms with Crippen molar-refractivity contribution in [2.45, 2.75) is 19.0 Å². The number of aromatic amines is 1. The molecular weight excluding hydrogens is 424 g/mol. The van der Waals surface area contributed by atoms with Gasteiger partial charge in [-0.1, -0.05) is 30.3 Å². The van der Waals surface area contributed by atoms with E-state index < -0.39 is 6.04 Å².